The molecule has 5 nitrogen and oxygen atoms in total. The first-order valence-electron chi connectivity index (χ1n) is 7.53. The summed E-state index contributed by atoms with van der Waals surface area (Å²) in [5, 5.41) is 10.1. The zero-order valence-electron chi connectivity index (χ0n) is 13.0. The molecule has 0 bridgehead atoms. The summed E-state index contributed by atoms with van der Waals surface area (Å²) in [6.45, 7) is 5.24. The molecule has 118 valence electrons. The summed E-state index contributed by atoms with van der Waals surface area (Å²) in [6.07, 6.45) is 0.693. The lowest BCUT2D eigenvalue weighted by atomic mass is 10.3. The first-order valence-corrected chi connectivity index (χ1v) is 7.53. The van der Waals surface area contributed by atoms with Crippen molar-refractivity contribution in [3.8, 4) is 11.5 Å². The molecule has 1 N–H and O–H groups in total. The molecular weight excluding hydrogens is 268 g/mol. The van der Waals surface area contributed by atoms with Gasteiger partial charge in [-0.15, -0.1) is 0 Å². The summed E-state index contributed by atoms with van der Waals surface area (Å²) in [5.41, 5.74) is 0. The van der Waals surface area contributed by atoms with E-state index in [1.807, 2.05) is 24.3 Å². The number of aliphatic hydroxyl groups excluding tert-OH is 1. The zero-order valence-corrected chi connectivity index (χ0v) is 13.0. The van der Waals surface area contributed by atoms with Crippen LogP contribution in [0, 0.1) is 0 Å². The van der Waals surface area contributed by atoms with E-state index in [-0.39, 0.29) is 0 Å². The number of hydrogen-bond acceptors (Lipinski definition) is 5. The standard InChI is InChI=1S/C16H26N2O3/c1-17-8-3-9-18(11-10-17)12-14(19)13-21-16-6-4-15(20-2)5-7-16/h4-7,14,19H,3,8-13H2,1-2H3/t14-/m1/s1. The van der Waals surface area contributed by atoms with E-state index in [0.717, 1.165) is 44.1 Å². The highest BCUT2D eigenvalue weighted by Crippen LogP contribution is 2.17. The smallest absolute Gasteiger partial charge is 0.119 e. The Morgan fingerprint density at radius 2 is 1.81 bits per heavy atom. The molecule has 0 spiro atoms. The van der Waals surface area contributed by atoms with Gasteiger partial charge in [0.1, 0.15) is 24.2 Å². The molecule has 21 heavy (non-hydrogen) atoms. The van der Waals surface area contributed by atoms with Gasteiger partial charge >= 0.3 is 0 Å². The van der Waals surface area contributed by atoms with Crippen molar-refractivity contribution in [3.63, 3.8) is 0 Å². The molecule has 1 aromatic rings. The summed E-state index contributed by atoms with van der Waals surface area (Å²) < 4.78 is 10.7. The third-order valence-electron chi connectivity index (χ3n) is 3.78. The Bertz CT molecular complexity index is 410. The number of aliphatic hydroxyl groups is 1. The Morgan fingerprint density at radius 1 is 1.10 bits per heavy atom. The molecule has 1 aliphatic heterocycles. The van der Waals surface area contributed by atoms with Crippen molar-refractivity contribution in [2.24, 2.45) is 0 Å². The van der Waals surface area contributed by atoms with E-state index < -0.39 is 6.10 Å². The van der Waals surface area contributed by atoms with Crippen LogP contribution in [-0.2, 0) is 0 Å². The van der Waals surface area contributed by atoms with Gasteiger partial charge in [-0.1, -0.05) is 0 Å². The van der Waals surface area contributed by atoms with Gasteiger partial charge in [0.25, 0.3) is 0 Å². The Kier molecular flexibility index (Phi) is 6.29. The van der Waals surface area contributed by atoms with Crippen LogP contribution in [0.4, 0.5) is 0 Å². The maximum absolute atomic E-state index is 10.1. The first-order chi connectivity index (χ1) is 10.2. The van der Waals surface area contributed by atoms with Gasteiger partial charge in [-0.3, -0.25) is 4.90 Å². The van der Waals surface area contributed by atoms with Crippen LogP contribution in [0.1, 0.15) is 6.42 Å². The SMILES string of the molecule is COc1ccc(OC[C@H](O)CN2CCCN(C)CC2)cc1. The van der Waals surface area contributed by atoms with E-state index in [4.69, 9.17) is 9.47 Å². The number of likely N-dealkylation sites (N-methyl/N-ethyl adjacent to an activating group) is 1. The van der Waals surface area contributed by atoms with Crippen LogP contribution >= 0.6 is 0 Å². The summed E-state index contributed by atoms with van der Waals surface area (Å²) in [6, 6.07) is 7.41. The molecule has 1 heterocycles. The third kappa shape index (κ3) is 5.53. The van der Waals surface area contributed by atoms with E-state index in [1.165, 1.54) is 0 Å². The third-order valence-corrected chi connectivity index (χ3v) is 3.78. The van der Waals surface area contributed by atoms with Gasteiger partial charge in [-0.05, 0) is 50.8 Å². The van der Waals surface area contributed by atoms with Crippen LogP contribution in [0.3, 0.4) is 0 Å². The molecule has 1 atom stereocenters. The van der Waals surface area contributed by atoms with Crippen LogP contribution in [-0.4, -0.2) is 74.5 Å². The van der Waals surface area contributed by atoms with Gasteiger partial charge in [-0.25, -0.2) is 0 Å². The Morgan fingerprint density at radius 3 is 2.52 bits per heavy atom. The highest BCUT2D eigenvalue weighted by molar-refractivity contribution is 5.31. The van der Waals surface area contributed by atoms with Gasteiger partial charge in [0, 0.05) is 19.6 Å². The quantitative estimate of drug-likeness (QED) is 0.850. The summed E-state index contributed by atoms with van der Waals surface area (Å²) in [5.74, 6) is 1.56. The minimum atomic E-state index is -0.462. The van der Waals surface area contributed by atoms with Crippen molar-refractivity contribution in [3.05, 3.63) is 24.3 Å². The second-order valence-corrected chi connectivity index (χ2v) is 5.60. The van der Waals surface area contributed by atoms with Crippen molar-refractivity contribution in [2.45, 2.75) is 12.5 Å². The van der Waals surface area contributed by atoms with Crippen molar-refractivity contribution in [1.29, 1.82) is 0 Å². The van der Waals surface area contributed by atoms with Crippen LogP contribution in [0.5, 0.6) is 11.5 Å². The first kappa shape index (κ1) is 16.1. The summed E-state index contributed by atoms with van der Waals surface area (Å²) in [4.78, 5) is 4.64. The number of benzene rings is 1. The number of nitrogens with zero attached hydrogens (tertiary/aromatic N) is 2. The molecule has 1 aliphatic rings. The molecule has 0 aromatic heterocycles. The highest BCUT2D eigenvalue weighted by atomic mass is 16.5. The molecule has 0 aliphatic carbocycles. The number of rotatable bonds is 6. The molecular formula is C16H26N2O3. The van der Waals surface area contributed by atoms with Crippen LogP contribution in [0.15, 0.2) is 24.3 Å². The molecule has 2 rings (SSSR count). The predicted octanol–water partition coefficient (Wildman–Crippen LogP) is 1.07. The maximum Gasteiger partial charge on any atom is 0.119 e. The minimum absolute atomic E-state index is 0.318. The minimum Gasteiger partial charge on any atom is -0.497 e. The van der Waals surface area contributed by atoms with Gasteiger partial charge < -0.3 is 19.5 Å². The van der Waals surface area contributed by atoms with Gasteiger partial charge in [-0.2, -0.15) is 0 Å². The fourth-order valence-electron chi connectivity index (χ4n) is 2.50. The molecule has 5 heteroatoms. The lowest BCUT2D eigenvalue weighted by Crippen LogP contribution is -2.37. The summed E-state index contributed by atoms with van der Waals surface area (Å²) >= 11 is 0. The fraction of sp³-hybridized carbons (Fsp3) is 0.625. The monoisotopic (exact) mass is 294 g/mol. The normalized spacial score (nSPS) is 19.0. The second kappa shape index (κ2) is 8.22. The van der Waals surface area contributed by atoms with Crippen LogP contribution < -0.4 is 9.47 Å². The van der Waals surface area contributed by atoms with E-state index in [2.05, 4.69) is 16.8 Å². The Balaban J connectivity index is 1.72. The molecule has 0 amide bonds. The Labute approximate surface area is 127 Å². The van der Waals surface area contributed by atoms with Gasteiger partial charge in [0.15, 0.2) is 0 Å². The lowest BCUT2D eigenvalue weighted by Gasteiger charge is -2.23. The van der Waals surface area contributed by atoms with Gasteiger partial charge in [0.2, 0.25) is 0 Å². The highest BCUT2D eigenvalue weighted by Gasteiger charge is 2.16. The largest absolute Gasteiger partial charge is 0.497 e. The maximum atomic E-state index is 10.1. The molecule has 1 saturated heterocycles. The Hall–Kier alpha value is -1.30. The van der Waals surface area contributed by atoms with Crippen molar-refractivity contribution < 1.29 is 14.6 Å². The van der Waals surface area contributed by atoms with Crippen molar-refractivity contribution in [2.75, 3.05) is 53.5 Å². The van der Waals surface area contributed by atoms with E-state index in [9.17, 15) is 5.11 Å². The molecule has 1 fully saturated rings. The van der Waals surface area contributed by atoms with Crippen LogP contribution in [0.2, 0.25) is 0 Å². The molecule has 0 saturated carbocycles. The summed E-state index contributed by atoms with van der Waals surface area (Å²) in [7, 11) is 3.78. The number of hydrogen-bond donors (Lipinski definition) is 1. The molecule has 0 unspecified atom stereocenters. The zero-order chi connectivity index (χ0) is 15.1. The average Bonchev–Trinajstić information content (AvgIpc) is 2.70. The van der Waals surface area contributed by atoms with E-state index in [1.54, 1.807) is 7.11 Å². The number of ether oxygens (including phenoxy) is 2. The second-order valence-electron chi connectivity index (χ2n) is 5.60. The fourth-order valence-corrected chi connectivity index (χ4v) is 2.50. The average molecular weight is 294 g/mol. The number of β-amino-alcohol motifs (C(OH)–C–C–N with tert-alkyl or cyclic N) is 1. The molecule has 1 aromatic carbocycles. The topological polar surface area (TPSA) is 45.2 Å². The van der Waals surface area contributed by atoms with E-state index in [0.29, 0.717) is 13.2 Å². The van der Waals surface area contributed by atoms with Crippen molar-refractivity contribution in [1.82, 2.24) is 9.80 Å². The lowest BCUT2D eigenvalue weighted by molar-refractivity contribution is 0.0696. The number of methoxy groups -OCH3 is 1. The van der Waals surface area contributed by atoms with Crippen LogP contribution in [0.25, 0.3) is 0 Å². The van der Waals surface area contributed by atoms with E-state index >= 15 is 0 Å². The van der Waals surface area contributed by atoms with Gasteiger partial charge in [0.05, 0.1) is 7.11 Å². The predicted molar refractivity (Wildman–Crippen MR) is 83.0 cm³/mol. The van der Waals surface area contributed by atoms with Crippen molar-refractivity contribution >= 4 is 0 Å². The molecule has 0 radical (unpaired) electrons.